The number of carbonyl (C=O) groups is 8. The van der Waals surface area contributed by atoms with Gasteiger partial charge in [-0.2, -0.15) is 18.6 Å². The van der Waals surface area contributed by atoms with Crippen molar-refractivity contribution in [3.63, 3.8) is 0 Å². The normalized spacial score (nSPS) is 23.5. The Labute approximate surface area is 629 Å². The third-order valence-electron chi connectivity index (χ3n) is 18.4. The van der Waals surface area contributed by atoms with Gasteiger partial charge in [-0.25, -0.2) is 28.1 Å². The van der Waals surface area contributed by atoms with Crippen LogP contribution < -0.4 is 41.2 Å². The number of nitrogens with one attached hydrogen (secondary N) is 5. The van der Waals surface area contributed by atoms with Gasteiger partial charge in [0.15, 0.2) is 23.5 Å². The number of carbonyl (C=O) groups excluding carboxylic acids is 8. The van der Waals surface area contributed by atoms with Crippen molar-refractivity contribution in [3.05, 3.63) is 145 Å². The van der Waals surface area contributed by atoms with Gasteiger partial charge in [-0.1, -0.05) is 56.1 Å². The van der Waals surface area contributed by atoms with E-state index >= 15 is 0 Å². The minimum atomic E-state index is -5.35. The van der Waals surface area contributed by atoms with Crippen LogP contribution in [0.2, 0.25) is 0 Å². The molecule has 42 heteroatoms. The van der Waals surface area contributed by atoms with E-state index in [1.165, 1.54) is 71.9 Å². The number of nitrogens with zero attached hydrogens (tertiary/aromatic N) is 9. The van der Waals surface area contributed by atoms with Gasteiger partial charge >= 0.3 is 10.4 Å². The van der Waals surface area contributed by atoms with Crippen molar-refractivity contribution in [2.75, 3.05) is 19.7 Å². The third kappa shape index (κ3) is 21.3. The number of unbranched alkanes of at least 4 members (excludes halogenated alkanes) is 2. The molecule has 3 aliphatic rings. The van der Waals surface area contributed by atoms with Gasteiger partial charge in [-0.3, -0.25) is 42.9 Å². The molecular weight excluding hydrogens is 1490 g/mol. The van der Waals surface area contributed by atoms with Gasteiger partial charge in [0, 0.05) is 66.2 Å². The molecule has 0 spiro atoms. The van der Waals surface area contributed by atoms with Crippen LogP contribution in [0.5, 0.6) is 17.2 Å². The van der Waals surface area contributed by atoms with E-state index in [1.807, 2.05) is 10.6 Å². The van der Waals surface area contributed by atoms with Gasteiger partial charge in [0.2, 0.25) is 41.4 Å². The molecular formula is C69H83F2N15O24S. The van der Waals surface area contributed by atoms with Crippen LogP contribution in [0.3, 0.4) is 0 Å². The fourth-order valence-corrected chi connectivity index (χ4v) is 13.0. The molecule has 0 aliphatic carbocycles. The van der Waals surface area contributed by atoms with Gasteiger partial charge in [0.05, 0.1) is 50.5 Å². The highest BCUT2D eigenvalue weighted by atomic mass is 32.3. The van der Waals surface area contributed by atoms with E-state index < -0.39 is 215 Å². The summed E-state index contributed by atoms with van der Waals surface area (Å²) in [6.45, 7) is 3.59. The summed E-state index contributed by atoms with van der Waals surface area (Å²) in [4.78, 5) is 122. The largest absolute Gasteiger partial charge is 0.504 e. The zero-order valence-electron chi connectivity index (χ0n) is 59.4. The fourth-order valence-electron chi connectivity index (χ4n) is 12.6. The minimum absolute atomic E-state index is 0.0556. The molecule has 4 aromatic carbocycles. The van der Waals surface area contributed by atoms with Gasteiger partial charge in [0.1, 0.15) is 109 Å². The van der Waals surface area contributed by atoms with E-state index in [2.05, 4.69) is 52.4 Å². The Bertz CT molecular complexity index is 4490. The number of phenolic OH excluding ortho intramolecular Hbond substituents is 1. The topological polar surface area (TPSA) is 592 Å². The zero-order chi connectivity index (χ0) is 80.9. The number of benzene rings is 4. The van der Waals surface area contributed by atoms with Gasteiger partial charge in [-0.05, 0) is 73.5 Å². The van der Waals surface area contributed by atoms with E-state index in [0.717, 1.165) is 44.4 Å². The summed E-state index contributed by atoms with van der Waals surface area (Å²) in [5, 5.41) is 135. The van der Waals surface area contributed by atoms with Crippen molar-refractivity contribution < 1.29 is 125 Å². The van der Waals surface area contributed by atoms with Crippen LogP contribution in [0.4, 0.5) is 8.78 Å². The van der Waals surface area contributed by atoms with Crippen molar-refractivity contribution in [1.82, 2.24) is 71.1 Å². The van der Waals surface area contributed by atoms with Crippen LogP contribution in [0, 0.1) is 17.6 Å². The molecule has 6 heterocycles. The third-order valence-corrected chi connectivity index (χ3v) is 18.8. The molecule has 15 atom stereocenters. The van der Waals surface area contributed by atoms with Gasteiger partial charge < -0.3 is 107 Å². The molecule has 3 fully saturated rings. The number of halogens is 2. The molecule has 111 heavy (non-hydrogen) atoms. The number of amides is 8. The van der Waals surface area contributed by atoms with E-state index in [-0.39, 0.29) is 24.2 Å². The summed E-state index contributed by atoms with van der Waals surface area (Å²) in [6.07, 6.45) is -11.9. The Morgan fingerprint density at radius 3 is 1.99 bits per heavy atom. The standard InChI is InChI=1S/C56H71N9O23S.C13H12F2N6O/c1-4-5-6-17-86-32-14-11-28(12-15-32)39-21-33(63-87-39)27-7-9-29(10-8-27)49(75)58-34-20-38(70)52(78)62-54(80)45-46(72)25(2)23-65(45)56(82)43(37(69)22-41(57)71)60-53(79)44(48(74)47(73)30-13-16-36(68)40(18-30)88-89(83,84)85)61-51(77)35-19-31(67)24-64(35)55(81)42(26(3)66)59-50(34)76;14-10-1-2-11(12(15)3-10)13(22,4-20-8-16-6-18-20)5-21-9-17-7-19-21/h7-16,18,21,25-26,31,34-35,37-38,42-48,52,66-70,72-74,78H,4-6,17,19-20,22-24H2,1-3H3,(H2,57,71)(H,58,75)(H,59,76)(H,60,79)(H,61,77)(H,62,80)(H,83,84,85);1-3,6-9,22H,4-5H2/t25-,26+,31+,34-,35-,37+,38+,42-,43-,44+,45-,46-,47-,48-,52+;/m0./s1. The lowest BCUT2D eigenvalue weighted by atomic mass is 9.93. The van der Waals surface area contributed by atoms with E-state index in [0.29, 0.717) is 56.9 Å². The number of primary amides is 1. The summed E-state index contributed by atoms with van der Waals surface area (Å²) in [5.74, 6) is -14.4. The van der Waals surface area contributed by atoms with Crippen LogP contribution in [0.1, 0.15) is 86.9 Å². The van der Waals surface area contributed by atoms with Crippen LogP contribution in [-0.4, -0.2) is 255 Å². The first-order chi connectivity index (χ1) is 52.5. The predicted octanol–water partition coefficient (Wildman–Crippen LogP) is -3.17. The molecule has 0 bridgehead atoms. The number of aromatic hydroxyl groups is 1. The second kappa shape index (κ2) is 36.6. The molecule has 0 radical (unpaired) electrons. The number of aliphatic hydroxyl groups excluding tert-OH is 8. The van der Waals surface area contributed by atoms with Gasteiger partial charge in [-0.15, -0.1) is 0 Å². The number of fused-ring (bicyclic) bond motifs is 2. The molecule has 10 rings (SSSR count). The first-order valence-corrected chi connectivity index (χ1v) is 35.9. The number of phenols is 1. The lowest BCUT2D eigenvalue weighted by Crippen LogP contribution is -2.64. The number of ether oxygens (including phenoxy) is 1. The fraction of sp³-hybridized carbons (Fsp3) is 0.435. The van der Waals surface area contributed by atoms with Crippen LogP contribution in [-0.2, 0) is 62.7 Å². The summed E-state index contributed by atoms with van der Waals surface area (Å²) in [7, 11) is -5.35. The maximum atomic E-state index is 14.7. The lowest BCUT2D eigenvalue weighted by Gasteiger charge is -2.34. The number of hydrogen-bond donors (Lipinski definition) is 17. The first kappa shape index (κ1) is 84.0. The molecule has 8 amide bonds. The number of hydrogen-bond acceptors (Lipinski definition) is 28. The van der Waals surface area contributed by atoms with E-state index in [9.17, 15) is 111 Å². The van der Waals surface area contributed by atoms with E-state index in [4.69, 9.17) is 15.0 Å². The molecule has 3 saturated heterocycles. The van der Waals surface area contributed by atoms with Gasteiger partial charge in [0.25, 0.3) is 5.91 Å². The molecule has 598 valence electrons. The number of nitrogens with two attached hydrogens (primary N) is 1. The average Bonchev–Trinajstić information content (AvgIpc) is 1.67. The molecule has 3 aromatic heterocycles. The second-order valence-corrected chi connectivity index (χ2v) is 27.8. The monoisotopic (exact) mass is 1580 g/mol. The maximum absolute atomic E-state index is 14.7. The summed E-state index contributed by atoms with van der Waals surface area (Å²) in [5.41, 5.74) is 4.42. The number of rotatable bonds is 23. The summed E-state index contributed by atoms with van der Waals surface area (Å²) >= 11 is 0. The zero-order valence-corrected chi connectivity index (χ0v) is 60.2. The predicted molar refractivity (Wildman–Crippen MR) is 374 cm³/mol. The maximum Gasteiger partial charge on any atom is 0.446 e. The van der Waals surface area contributed by atoms with Crippen LogP contribution in [0.25, 0.3) is 22.6 Å². The molecule has 0 saturated carbocycles. The molecule has 0 unspecified atom stereocenters. The Morgan fingerprint density at radius 2 is 1.39 bits per heavy atom. The quantitative estimate of drug-likeness (QED) is 0.0222. The highest BCUT2D eigenvalue weighted by Crippen LogP contribution is 2.35. The van der Waals surface area contributed by atoms with Crippen molar-refractivity contribution in [1.29, 1.82) is 0 Å². The SMILES string of the molecule is CCCCCOc1ccc(-c2cc(-c3ccc(C(=O)N[C@H]4C[C@@H](O)[C@@H](O)NC(=O)[C@@H]5[C@@H](O)[C@@H](C)CN5C(=O)[C@H]([C@H](O)CC(N)=O)NC(=O)[C@@H]([C@H](O)[C@@H](O)c5ccc(O)c(OS(=O)(=O)O)c5)NC(=O)[C@@H]5C[C@@H](O)CN5C(=O)[C@H]([C@@H](C)O)NC4=O)cc3)no2)cc1.OC(Cn1cncn1)(Cn1cncn1)c1ccc(F)cc1F. The lowest BCUT2D eigenvalue weighted by molar-refractivity contribution is -0.149. The van der Waals surface area contributed by atoms with Crippen molar-refractivity contribution in [2.24, 2.45) is 11.7 Å². The highest BCUT2D eigenvalue weighted by molar-refractivity contribution is 7.81. The van der Waals surface area contributed by atoms with Crippen LogP contribution >= 0.6 is 0 Å². The highest BCUT2D eigenvalue weighted by Gasteiger charge is 2.51. The minimum Gasteiger partial charge on any atom is -0.504 e. The van der Waals surface area contributed by atoms with Crippen molar-refractivity contribution >= 4 is 57.7 Å². The van der Waals surface area contributed by atoms with Crippen molar-refractivity contribution in [3.8, 4) is 39.8 Å². The Balaban J connectivity index is 0.000000546. The Hall–Kier alpha value is -11.1. The second-order valence-electron chi connectivity index (χ2n) is 26.8. The molecule has 3 aliphatic heterocycles. The smallest absolute Gasteiger partial charge is 0.446 e. The van der Waals surface area contributed by atoms with Crippen molar-refractivity contribution in [2.45, 2.75) is 163 Å². The summed E-state index contributed by atoms with van der Waals surface area (Å²) < 4.78 is 78.1. The van der Waals surface area contributed by atoms with Crippen LogP contribution in [0.15, 0.2) is 121 Å². The summed E-state index contributed by atoms with van der Waals surface area (Å²) in [6, 6.07) is 6.54. The number of aliphatic hydroxyl groups is 9. The Kier molecular flexibility index (Phi) is 27.7. The molecule has 7 aromatic rings. The van der Waals surface area contributed by atoms with E-state index in [1.54, 1.807) is 30.3 Å². The average molecular weight is 1580 g/mol. The molecule has 18 N–H and O–H groups in total. The first-order valence-electron chi connectivity index (χ1n) is 34.5. The molecule has 39 nitrogen and oxygen atoms in total. The number of aromatic nitrogens is 7. The Morgan fingerprint density at radius 1 is 0.757 bits per heavy atom.